The molecule has 27 heavy (non-hydrogen) atoms. The van der Waals surface area contributed by atoms with Gasteiger partial charge in [-0.25, -0.2) is 17.5 Å². The number of amides is 1. The Morgan fingerprint density at radius 2 is 2.11 bits per heavy atom. The van der Waals surface area contributed by atoms with E-state index in [-0.39, 0.29) is 29.3 Å². The molecular weight excluding hydrogens is 369 g/mol. The Hall–Kier alpha value is -2.22. The molecule has 1 atom stereocenters. The minimum Gasteiger partial charge on any atom is -0.336 e. The molecule has 1 saturated heterocycles. The molecule has 2 aliphatic rings. The quantitative estimate of drug-likeness (QED) is 0.803. The number of benzene rings is 1. The van der Waals surface area contributed by atoms with Gasteiger partial charge in [0.05, 0.1) is 11.5 Å². The standard InChI is InChI=1S/C19H22FN3O3S/c1-12-6-7-17(15(20)10-12)23-16-5-3-4-14(16)18(21-23)19(24)22(2)13-8-9-27(25,26)11-13/h6-7,10,13H,3-5,8-9,11H2,1-2H3. The summed E-state index contributed by atoms with van der Waals surface area (Å²) in [6, 6.07) is 4.62. The number of fused-ring (bicyclic) bond motifs is 1. The van der Waals surface area contributed by atoms with Crippen LogP contribution in [-0.2, 0) is 22.7 Å². The number of rotatable bonds is 3. The Morgan fingerprint density at radius 3 is 2.78 bits per heavy atom. The second-order valence-corrected chi connectivity index (χ2v) is 9.70. The summed E-state index contributed by atoms with van der Waals surface area (Å²) in [7, 11) is -1.46. The molecule has 8 heteroatoms. The van der Waals surface area contributed by atoms with Crippen molar-refractivity contribution in [3.8, 4) is 5.69 Å². The fourth-order valence-corrected chi connectivity index (χ4v) is 5.78. The van der Waals surface area contributed by atoms with E-state index >= 15 is 0 Å². The van der Waals surface area contributed by atoms with E-state index in [1.807, 2.05) is 13.0 Å². The zero-order valence-electron chi connectivity index (χ0n) is 15.4. The van der Waals surface area contributed by atoms with Gasteiger partial charge in [-0.2, -0.15) is 5.10 Å². The van der Waals surface area contributed by atoms with Crippen molar-refractivity contribution in [2.24, 2.45) is 0 Å². The Balaban J connectivity index is 1.71. The van der Waals surface area contributed by atoms with Crippen LogP contribution in [-0.4, -0.2) is 53.6 Å². The molecule has 2 heterocycles. The largest absolute Gasteiger partial charge is 0.336 e. The number of carbonyl (C=O) groups excluding carboxylic acids is 1. The van der Waals surface area contributed by atoms with Crippen molar-refractivity contribution < 1.29 is 17.6 Å². The number of aromatic nitrogens is 2. The number of halogens is 1. The highest BCUT2D eigenvalue weighted by atomic mass is 32.2. The van der Waals surface area contributed by atoms with Gasteiger partial charge in [-0.05, 0) is 50.3 Å². The predicted octanol–water partition coefficient (Wildman–Crippen LogP) is 2.07. The van der Waals surface area contributed by atoms with E-state index in [0.717, 1.165) is 36.1 Å². The van der Waals surface area contributed by atoms with Gasteiger partial charge in [0.2, 0.25) is 0 Å². The van der Waals surface area contributed by atoms with E-state index < -0.39 is 9.84 Å². The lowest BCUT2D eigenvalue weighted by Crippen LogP contribution is -2.38. The third kappa shape index (κ3) is 3.16. The highest BCUT2D eigenvalue weighted by molar-refractivity contribution is 7.91. The van der Waals surface area contributed by atoms with Crippen molar-refractivity contribution in [1.29, 1.82) is 0 Å². The van der Waals surface area contributed by atoms with Crippen LogP contribution in [0.2, 0.25) is 0 Å². The van der Waals surface area contributed by atoms with Crippen molar-refractivity contribution in [3.63, 3.8) is 0 Å². The van der Waals surface area contributed by atoms with Crippen molar-refractivity contribution in [2.45, 2.75) is 38.6 Å². The molecule has 1 aromatic heterocycles. The van der Waals surface area contributed by atoms with Gasteiger partial charge < -0.3 is 4.90 Å². The summed E-state index contributed by atoms with van der Waals surface area (Å²) < 4.78 is 39.5. The van der Waals surface area contributed by atoms with E-state index in [9.17, 15) is 17.6 Å². The Bertz CT molecular complexity index is 1030. The third-order valence-corrected chi connectivity index (χ3v) is 7.29. The lowest BCUT2D eigenvalue weighted by Gasteiger charge is -2.22. The smallest absolute Gasteiger partial charge is 0.274 e. The summed E-state index contributed by atoms with van der Waals surface area (Å²) in [4.78, 5) is 14.5. The van der Waals surface area contributed by atoms with Gasteiger partial charge in [0.15, 0.2) is 15.5 Å². The lowest BCUT2D eigenvalue weighted by molar-refractivity contribution is 0.0740. The first kappa shape index (κ1) is 18.2. The minimum absolute atomic E-state index is 0.00920. The number of sulfone groups is 1. The van der Waals surface area contributed by atoms with Crippen LogP contribution in [0, 0.1) is 12.7 Å². The van der Waals surface area contributed by atoms with Gasteiger partial charge in [0.1, 0.15) is 11.5 Å². The van der Waals surface area contributed by atoms with Crippen LogP contribution >= 0.6 is 0 Å². The van der Waals surface area contributed by atoms with E-state index in [1.165, 1.54) is 11.0 Å². The van der Waals surface area contributed by atoms with Crippen LogP contribution < -0.4 is 0 Å². The summed E-state index contributed by atoms with van der Waals surface area (Å²) >= 11 is 0. The SMILES string of the molecule is Cc1ccc(-n2nc(C(=O)N(C)C3CCS(=O)(=O)C3)c3c2CCC3)c(F)c1. The molecule has 0 spiro atoms. The fraction of sp³-hybridized carbons (Fsp3) is 0.474. The molecule has 0 bridgehead atoms. The molecule has 0 saturated carbocycles. The van der Waals surface area contributed by atoms with Gasteiger partial charge in [0.25, 0.3) is 5.91 Å². The monoisotopic (exact) mass is 391 g/mol. The van der Waals surface area contributed by atoms with E-state index in [4.69, 9.17) is 0 Å². The second kappa shape index (κ2) is 6.44. The molecule has 1 amide bonds. The lowest BCUT2D eigenvalue weighted by atomic mass is 10.1. The van der Waals surface area contributed by atoms with Gasteiger partial charge >= 0.3 is 0 Å². The molecule has 2 aromatic rings. The van der Waals surface area contributed by atoms with E-state index in [1.54, 1.807) is 17.8 Å². The zero-order valence-corrected chi connectivity index (χ0v) is 16.2. The molecule has 0 radical (unpaired) electrons. The van der Waals surface area contributed by atoms with Crippen molar-refractivity contribution in [1.82, 2.24) is 14.7 Å². The summed E-state index contributed by atoms with van der Waals surface area (Å²) in [6.07, 6.45) is 2.80. The average molecular weight is 391 g/mol. The summed E-state index contributed by atoms with van der Waals surface area (Å²) in [5.41, 5.74) is 3.19. The normalized spacial score (nSPS) is 20.6. The zero-order chi connectivity index (χ0) is 19.3. The maximum atomic E-state index is 14.5. The average Bonchev–Trinajstić information content (AvgIpc) is 3.29. The van der Waals surface area contributed by atoms with Gasteiger partial charge in [0, 0.05) is 24.3 Å². The molecule has 1 aromatic carbocycles. The summed E-state index contributed by atoms with van der Waals surface area (Å²) in [5, 5.41) is 4.46. The third-order valence-electron chi connectivity index (χ3n) is 5.54. The molecule has 0 N–H and O–H groups in total. The van der Waals surface area contributed by atoms with E-state index in [2.05, 4.69) is 5.10 Å². The number of hydrogen-bond acceptors (Lipinski definition) is 4. The maximum Gasteiger partial charge on any atom is 0.274 e. The second-order valence-electron chi connectivity index (χ2n) is 7.47. The number of nitrogens with zero attached hydrogens (tertiary/aromatic N) is 3. The Labute approximate surface area is 157 Å². The van der Waals surface area contributed by atoms with Crippen LogP contribution in [0.5, 0.6) is 0 Å². The molecule has 1 aliphatic carbocycles. The van der Waals surface area contributed by atoms with Crippen LogP contribution in [0.1, 0.15) is 40.2 Å². The first-order valence-electron chi connectivity index (χ1n) is 9.12. The predicted molar refractivity (Wildman–Crippen MR) is 99.4 cm³/mol. The number of hydrogen-bond donors (Lipinski definition) is 0. The first-order valence-corrected chi connectivity index (χ1v) is 10.9. The topological polar surface area (TPSA) is 72.3 Å². The highest BCUT2D eigenvalue weighted by Gasteiger charge is 2.36. The number of carbonyl (C=O) groups is 1. The van der Waals surface area contributed by atoms with Crippen LogP contribution in [0.3, 0.4) is 0 Å². The molecule has 6 nitrogen and oxygen atoms in total. The van der Waals surface area contributed by atoms with Crippen molar-refractivity contribution >= 4 is 15.7 Å². The van der Waals surface area contributed by atoms with Crippen LogP contribution in [0.15, 0.2) is 18.2 Å². The first-order chi connectivity index (χ1) is 12.8. The van der Waals surface area contributed by atoms with Gasteiger partial charge in [-0.15, -0.1) is 0 Å². The molecular formula is C19H22FN3O3S. The van der Waals surface area contributed by atoms with Gasteiger partial charge in [-0.3, -0.25) is 4.79 Å². The van der Waals surface area contributed by atoms with E-state index in [0.29, 0.717) is 17.8 Å². The molecule has 1 fully saturated rings. The highest BCUT2D eigenvalue weighted by Crippen LogP contribution is 2.30. The molecule has 4 rings (SSSR count). The maximum absolute atomic E-state index is 14.5. The Morgan fingerprint density at radius 1 is 1.33 bits per heavy atom. The van der Waals surface area contributed by atoms with Crippen LogP contribution in [0.25, 0.3) is 5.69 Å². The fourth-order valence-electron chi connectivity index (χ4n) is 4.01. The van der Waals surface area contributed by atoms with Crippen molar-refractivity contribution in [2.75, 3.05) is 18.6 Å². The molecule has 144 valence electrons. The summed E-state index contributed by atoms with van der Waals surface area (Å²) in [6.45, 7) is 1.82. The van der Waals surface area contributed by atoms with Gasteiger partial charge in [-0.1, -0.05) is 6.07 Å². The molecule has 1 unspecified atom stereocenters. The number of aryl methyl sites for hydroxylation is 1. The van der Waals surface area contributed by atoms with Crippen molar-refractivity contribution in [3.05, 3.63) is 46.5 Å². The minimum atomic E-state index is -3.08. The molecule has 1 aliphatic heterocycles. The van der Waals surface area contributed by atoms with Crippen LogP contribution in [0.4, 0.5) is 4.39 Å². The summed E-state index contributed by atoms with van der Waals surface area (Å²) in [5.74, 6) is -0.566. The Kier molecular flexibility index (Phi) is 4.33.